The Kier molecular flexibility index (Phi) is 2.27. The molecule has 1 unspecified atom stereocenters. The second kappa shape index (κ2) is 6.11. The van der Waals surface area contributed by atoms with Gasteiger partial charge in [0.05, 0.1) is 11.2 Å². The summed E-state index contributed by atoms with van der Waals surface area (Å²) in [6.45, 7) is -13.4. The van der Waals surface area contributed by atoms with Crippen LogP contribution in [0.5, 0.6) is 0 Å². The van der Waals surface area contributed by atoms with E-state index in [0.29, 0.717) is 0 Å². The highest BCUT2D eigenvalue weighted by atomic mass is 19.1. The fourth-order valence-corrected chi connectivity index (χ4v) is 3.18. The van der Waals surface area contributed by atoms with Crippen LogP contribution in [0.1, 0.15) is 39.7 Å². The molecule has 2 N–H and O–H groups in total. The van der Waals surface area contributed by atoms with E-state index in [-0.39, 0.29) is 28.9 Å². The second-order valence-corrected chi connectivity index (χ2v) is 5.76. The van der Waals surface area contributed by atoms with Crippen molar-refractivity contribution in [3.8, 4) is 0 Å². The topological polar surface area (TPSA) is 81.8 Å². The third-order valence-corrected chi connectivity index (χ3v) is 4.32. The molecular weight excluding hydrogens is 327 g/mol. The van der Waals surface area contributed by atoms with Gasteiger partial charge in [-0.05, 0) is 18.6 Å². The lowest BCUT2D eigenvalue weighted by Gasteiger charge is -2.32. The molecule has 0 spiro atoms. The number of hydrogen-bond donors (Lipinski definition) is 2. The monoisotopic (exact) mass is 354 g/mol. The molecule has 3 aliphatic heterocycles. The molecule has 0 aromatic heterocycles. The summed E-state index contributed by atoms with van der Waals surface area (Å²) < 4.78 is 79.9. The number of halogens is 1. The molecule has 0 saturated carbocycles. The van der Waals surface area contributed by atoms with Gasteiger partial charge in [0.1, 0.15) is 11.9 Å². The first-order valence-electron chi connectivity index (χ1n) is 11.6. The Bertz CT molecular complexity index is 1060. The van der Waals surface area contributed by atoms with Crippen LogP contribution >= 0.6 is 0 Å². The average molecular weight is 354 g/mol. The molecule has 7 nitrogen and oxygen atoms in total. The van der Waals surface area contributed by atoms with E-state index in [2.05, 4.69) is 5.32 Å². The molecule has 2 fully saturated rings. The molecule has 1 aromatic rings. The first-order valence-corrected chi connectivity index (χ1v) is 7.58. The van der Waals surface area contributed by atoms with Crippen LogP contribution < -0.4 is 15.5 Å². The molecule has 0 aliphatic carbocycles. The number of imide groups is 1. The Morgan fingerprint density at radius 2 is 1.96 bits per heavy atom. The Morgan fingerprint density at radius 3 is 2.68 bits per heavy atom. The summed E-state index contributed by atoms with van der Waals surface area (Å²) in [6.07, 6.45) is -0.0380. The summed E-state index contributed by atoms with van der Waals surface area (Å²) in [5, 5.41) is 3.78. The number of nitrogens with one attached hydrogen (secondary N) is 2. The van der Waals surface area contributed by atoms with Gasteiger partial charge >= 0.3 is 0 Å². The molecule has 3 aliphatic rings. The van der Waals surface area contributed by atoms with Crippen molar-refractivity contribution in [2.24, 2.45) is 0 Å². The molecule has 0 bridgehead atoms. The van der Waals surface area contributed by atoms with E-state index in [1.54, 1.807) is 5.32 Å². The van der Waals surface area contributed by atoms with Crippen LogP contribution in [0.15, 0.2) is 12.1 Å². The Labute approximate surface area is 155 Å². The summed E-state index contributed by atoms with van der Waals surface area (Å²) in [6, 6.07) is 0.784. The molecule has 3 heterocycles. The summed E-state index contributed by atoms with van der Waals surface area (Å²) in [7, 11) is 0. The average Bonchev–Trinajstić information content (AvgIpc) is 2.98. The third-order valence-electron chi connectivity index (χ3n) is 4.32. The van der Waals surface area contributed by atoms with Crippen LogP contribution in [-0.4, -0.2) is 54.7 Å². The largest absolute Gasteiger partial charge is 0.366 e. The number of hydrogen-bond acceptors (Lipinski definition) is 5. The quantitative estimate of drug-likeness (QED) is 0.731. The highest BCUT2D eigenvalue weighted by Crippen LogP contribution is 2.36. The van der Waals surface area contributed by atoms with E-state index in [1.165, 1.54) is 0 Å². The fourth-order valence-electron chi connectivity index (χ4n) is 3.18. The molecule has 8 heteroatoms. The minimum atomic E-state index is -3.30. The number of carbonyl (C=O) groups excluding carboxylic acids is 3. The lowest BCUT2D eigenvalue weighted by Crippen LogP contribution is -2.52. The second-order valence-electron chi connectivity index (χ2n) is 5.76. The van der Waals surface area contributed by atoms with Crippen molar-refractivity contribution in [3.05, 3.63) is 29.1 Å². The maximum Gasteiger partial charge on any atom is 0.255 e. The highest BCUT2D eigenvalue weighted by molar-refractivity contribution is 6.06. The van der Waals surface area contributed by atoms with Crippen LogP contribution in [0.2, 0.25) is 0 Å². The van der Waals surface area contributed by atoms with Crippen LogP contribution in [0.25, 0.3) is 0 Å². The van der Waals surface area contributed by atoms with Crippen molar-refractivity contribution in [2.45, 2.75) is 25.4 Å². The predicted octanol–water partition coefficient (Wildman–Crippen LogP) is -0.00370. The highest BCUT2D eigenvalue weighted by Gasteiger charge is 2.41. The zero-order chi connectivity index (χ0) is 24.7. The van der Waals surface area contributed by atoms with Gasteiger partial charge < -0.3 is 15.1 Å². The summed E-state index contributed by atoms with van der Waals surface area (Å²) in [4.78, 5) is 37.8. The molecule has 1 atom stereocenters. The first kappa shape index (κ1) is 9.28. The summed E-state index contributed by atoms with van der Waals surface area (Å²) >= 11 is 0. The first-order chi connectivity index (χ1) is 15.0. The Morgan fingerprint density at radius 1 is 1.20 bits per heavy atom. The van der Waals surface area contributed by atoms with Gasteiger partial charge in [-0.15, -0.1) is 0 Å². The maximum absolute atomic E-state index is 15.2. The molecular formula is C17H19FN4O3. The van der Waals surface area contributed by atoms with Crippen LogP contribution in [0.4, 0.5) is 10.1 Å². The van der Waals surface area contributed by atoms with Gasteiger partial charge in [-0.2, -0.15) is 0 Å². The number of rotatable bonds is 2. The molecule has 4 rings (SSSR count). The van der Waals surface area contributed by atoms with Crippen molar-refractivity contribution < 1.29 is 29.7 Å². The number of nitrogens with zero attached hydrogens (tertiary/aromatic N) is 2. The molecule has 0 radical (unpaired) electrons. The Balaban J connectivity index is 1.86. The molecule has 25 heavy (non-hydrogen) atoms. The van der Waals surface area contributed by atoms with E-state index in [4.69, 9.17) is 11.0 Å². The smallest absolute Gasteiger partial charge is 0.255 e. The standard InChI is InChI=1S/C17H19FN4O3/c18-12-2-1-10-11(15(12)21-7-5-19-6-8-21)9-22(17(10)25)13-3-4-14(23)20-16(13)24/h1-2,13,19H,3-9H2,(H,20,23,24)/i5D2,6D2,7D2,8D2. The predicted molar refractivity (Wildman–Crippen MR) is 87.5 cm³/mol. The molecule has 2 saturated heterocycles. The normalized spacial score (nSPS) is 36.5. The van der Waals surface area contributed by atoms with Gasteiger partial charge in [0.15, 0.2) is 0 Å². The van der Waals surface area contributed by atoms with Crippen molar-refractivity contribution in [3.63, 3.8) is 0 Å². The van der Waals surface area contributed by atoms with Gasteiger partial charge in [-0.3, -0.25) is 19.7 Å². The lowest BCUT2D eigenvalue weighted by atomic mass is 10.0. The number of piperidine rings is 1. The number of benzene rings is 1. The van der Waals surface area contributed by atoms with Crippen molar-refractivity contribution in [1.82, 2.24) is 15.5 Å². The third kappa shape index (κ3) is 2.66. The SMILES string of the molecule is [2H]C1([2H])NC([2H])([2H])C([2H])([2H])N(c2c(F)ccc3c2CN(C2CCC(=O)NC2=O)C3=O)C1([2H])[2H]. The zero-order valence-electron chi connectivity index (χ0n) is 20.9. The van der Waals surface area contributed by atoms with Gasteiger partial charge in [-0.25, -0.2) is 4.39 Å². The summed E-state index contributed by atoms with van der Waals surface area (Å²) in [5.41, 5.74) is -1.20. The van der Waals surface area contributed by atoms with Gasteiger partial charge in [0.2, 0.25) is 11.8 Å². The lowest BCUT2D eigenvalue weighted by molar-refractivity contribution is -0.136. The minimum absolute atomic E-state index is 0.00258. The number of anilines is 1. The van der Waals surface area contributed by atoms with Crippen molar-refractivity contribution in [1.29, 1.82) is 0 Å². The maximum atomic E-state index is 15.2. The molecule has 132 valence electrons. The van der Waals surface area contributed by atoms with E-state index in [1.807, 2.05) is 0 Å². The van der Waals surface area contributed by atoms with Gasteiger partial charge in [-0.1, -0.05) is 0 Å². The van der Waals surface area contributed by atoms with E-state index in [0.717, 1.165) is 17.0 Å². The molecule has 1 aromatic carbocycles. The van der Waals surface area contributed by atoms with E-state index < -0.39 is 67.8 Å². The molecule has 3 amide bonds. The van der Waals surface area contributed by atoms with Gasteiger partial charge in [0.25, 0.3) is 5.91 Å². The fraction of sp³-hybridized carbons (Fsp3) is 0.471. The Hall–Kier alpha value is -2.48. The van der Waals surface area contributed by atoms with E-state index in [9.17, 15) is 14.4 Å². The number of carbonyl (C=O) groups is 3. The van der Waals surface area contributed by atoms with E-state index >= 15 is 4.39 Å². The van der Waals surface area contributed by atoms with Crippen LogP contribution in [0.3, 0.4) is 0 Å². The summed E-state index contributed by atoms with van der Waals surface area (Å²) in [5.74, 6) is -3.19. The van der Waals surface area contributed by atoms with Crippen molar-refractivity contribution in [2.75, 3.05) is 30.9 Å². The number of piperazine rings is 1. The zero-order valence-corrected chi connectivity index (χ0v) is 12.9. The number of amides is 3. The van der Waals surface area contributed by atoms with Crippen molar-refractivity contribution >= 4 is 23.4 Å². The minimum Gasteiger partial charge on any atom is -0.366 e. The number of fused-ring (bicyclic) bond motifs is 1. The van der Waals surface area contributed by atoms with Crippen LogP contribution in [-0.2, 0) is 16.1 Å². The van der Waals surface area contributed by atoms with Crippen LogP contribution in [0, 0.1) is 5.82 Å². The van der Waals surface area contributed by atoms with Gasteiger partial charge in [0, 0.05) is 55.6 Å².